The van der Waals surface area contributed by atoms with Crippen LogP contribution in [-0.2, 0) is 20.0 Å². The van der Waals surface area contributed by atoms with Gasteiger partial charge in [0.05, 0.1) is 39.8 Å². The summed E-state index contributed by atoms with van der Waals surface area (Å²) < 4.78 is 54.8. The number of halogens is 1. The Morgan fingerprint density at radius 2 is 1.21 bits per heavy atom. The number of ether oxygens (including phenoxy) is 1. The maximum absolute atomic E-state index is 11.3. The van der Waals surface area contributed by atoms with Crippen molar-refractivity contribution in [2.24, 2.45) is 0 Å². The smallest absolute Gasteiger partial charge is 0.273 e. The zero-order valence-corrected chi connectivity index (χ0v) is 24.5. The van der Waals surface area contributed by atoms with Crippen molar-refractivity contribution in [2.45, 2.75) is 20.3 Å². The maximum Gasteiger partial charge on any atom is 0.273 e. The van der Waals surface area contributed by atoms with Crippen LogP contribution in [0.15, 0.2) is 71.2 Å². The second-order valence-corrected chi connectivity index (χ2v) is 12.1. The SMILES string of the molecule is CCC.CS(=O)(=O)Nc1ccc([N+](=O)[O-])cc1Br.CS(=O)(=O)Nc1ccc([N+](=O)[O-])cc1Oc1ccccc1. The van der Waals surface area contributed by atoms with Crippen molar-refractivity contribution in [2.75, 3.05) is 22.0 Å². The van der Waals surface area contributed by atoms with Crippen LogP contribution < -0.4 is 14.2 Å². The Morgan fingerprint density at radius 3 is 1.64 bits per heavy atom. The number of anilines is 2. The number of rotatable bonds is 8. The van der Waals surface area contributed by atoms with Gasteiger partial charge in [0.2, 0.25) is 20.0 Å². The molecule has 3 aromatic rings. The van der Waals surface area contributed by atoms with E-state index in [1.807, 2.05) is 0 Å². The molecule has 3 aromatic carbocycles. The molecule has 0 fully saturated rings. The predicted octanol–water partition coefficient (Wildman–Crippen LogP) is 5.90. The highest BCUT2D eigenvalue weighted by Gasteiger charge is 2.15. The number of nitrogens with zero attached hydrogens (tertiary/aromatic N) is 2. The number of nitro groups is 2. The molecule has 0 amide bonds. The zero-order valence-electron chi connectivity index (χ0n) is 21.3. The lowest BCUT2D eigenvalue weighted by atomic mass is 10.2. The summed E-state index contributed by atoms with van der Waals surface area (Å²) in [5, 5.41) is 21.2. The molecule has 0 aliphatic carbocycles. The maximum atomic E-state index is 11.3. The Balaban J connectivity index is 0.000000371. The Bertz CT molecular complexity index is 1500. The zero-order chi connectivity index (χ0) is 29.8. The number of hydrogen-bond acceptors (Lipinski definition) is 9. The van der Waals surface area contributed by atoms with Crippen molar-refractivity contribution in [1.82, 2.24) is 0 Å². The minimum absolute atomic E-state index is 0.0563. The lowest BCUT2D eigenvalue weighted by molar-refractivity contribution is -0.385. The van der Waals surface area contributed by atoms with Crippen LogP contribution in [0.2, 0.25) is 0 Å². The highest BCUT2D eigenvalue weighted by molar-refractivity contribution is 9.10. The fourth-order valence-electron chi connectivity index (χ4n) is 2.51. The molecule has 0 radical (unpaired) electrons. The van der Waals surface area contributed by atoms with Crippen LogP contribution in [-0.4, -0.2) is 39.2 Å². The molecule has 0 saturated heterocycles. The number of benzene rings is 3. The van der Waals surface area contributed by atoms with Gasteiger partial charge in [-0.1, -0.05) is 38.5 Å². The van der Waals surface area contributed by atoms with Gasteiger partial charge in [-0.15, -0.1) is 0 Å². The van der Waals surface area contributed by atoms with Crippen molar-refractivity contribution in [1.29, 1.82) is 0 Å². The van der Waals surface area contributed by atoms with E-state index in [4.69, 9.17) is 4.74 Å². The van der Waals surface area contributed by atoms with E-state index in [1.165, 1.54) is 42.8 Å². The number of para-hydroxylation sites is 1. The number of hydrogen-bond donors (Lipinski definition) is 2. The largest absolute Gasteiger partial charge is 0.455 e. The van der Waals surface area contributed by atoms with E-state index in [0.717, 1.165) is 12.5 Å². The minimum atomic E-state index is -3.52. The quantitative estimate of drug-likeness (QED) is 0.221. The Labute approximate surface area is 234 Å². The van der Waals surface area contributed by atoms with Crippen molar-refractivity contribution < 1.29 is 31.4 Å². The van der Waals surface area contributed by atoms with Crippen LogP contribution in [0.5, 0.6) is 11.5 Å². The van der Waals surface area contributed by atoms with Crippen LogP contribution in [0.1, 0.15) is 20.3 Å². The Kier molecular flexibility index (Phi) is 12.8. The summed E-state index contributed by atoms with van der Waals surface area (Å²) >= 11 is 3.04. The van der Waals surface area contributed by atoms with E-state index in [9.17, 15) is 37.1 Å². The van der Waals surface area contributed by atoms with Crippen molar-refractivity contribution in [3.63, 3.8) is 0 Å². The molecule has 2 N–H and O–H groups in total. The lowest BCUT2D eigenvalue weighted by Crippen LogP contribution is -2.10. The van der Waals surface area contributed by atoms with Gasteiger partial charge in [0.25, 0.3) is 11.4 Å². The van der Waals surface area contributed by atoms with E-state index >= 15 is 0 Å². The van der Waals surface area contributed by atoms with Gasteiger partial charge in [-0.05, 0) is 40.2 Å². The topological polar surface area (TPSA) is 188 Å². The van der Waals surface area contributed by atoms with Crippen LogP contribution in [0.4, 0.5) is 22.7 Å². The molecule has 39 heavy (non-hydrogen) atoms. The average Bonchev–Trinajstić information content (AvgIpc) is 2.81. The van der Waals surface area contributed by atoms with Gasteiger partial charge in [0.15, 0.2) is 5.75 Å². The fraction of sp³-hybridized carbons (Fsp3) is 0.217. The molecule has 0 saturated carbocycles. The van der Waals surface area contributed by atoms with Crippen LogP contribution in [0.3, 0.4) is 0 Å². The second-order valence-electron chi connectivity index (χ2n) is 7.73. The third-order valence-electron chi connectivity index (χ3n) is 3.90. The first kappa shape index (κ1) is 33.3. The van der Waals surface area contributed by atoms with Crippen molar-refractivity contribution in [3.8, 4) is 11.5 Å². The molecule has 0 heterocycles. The number of sulfonamides is 2. The van der Waals surface area contributed by atoms with E-state index in [2.05, 4.69) is 39.2 Å². The number of nitrogens with one attached hydrogen (secondary N) is 2. The highest BCUT2D eigenvalue weighted by atomic mass is 79.9. The van der Waals surface area contributed by atoms with E-state index in [1.54, 1.807) is 30.3 Å². The monoisotopic (exact) mass is 646 g/mol. The first-order chi connectivity index (χ1) is 18.1. The standard InChI is InChI=1S/C13H12N2O5S.C7H7BrN2O4S.C3H8/c1-21(18,19)14-12-8-7-10(15(16)17)9-13(12)20-11-5-3-2-4-6-11;1-15(13,14)9-7-3-2-5(10(11)12)4-6(7)8;1-3-2/h2-9,14H,1H3;2-4,9H,1H3;3H2,1-2H3. The number of non-ortho nitro benzene ring substituents is 2. The molecule has 0 spiro atoms. The molecule has 0 aliphatic heterocycles. The highest BCUT2D eigenvalue weighted by Crippen LogP contribution is 2.33. The Hall–Kier alpha value is -3.76. The summed E-state index contributed by atoms with van der Waals surface area (Å²) in [6, 6.07) is 16.0. The Morgan fingerprint density at radius 1 is 0.769 bits per heavy atom. The van der Waals surface area contributed by atoms with Gasteiger partial charge in [0, 0.05) is 22.7 Å². The molecule has 0 unspecified atom stereocenters. The first-order valence-corrected chi connectivity index (χ1v) is 15.5. The minimum Gasteiger partial charge on any atom is -0.455 e. The third kappa shape index (κ3) is 13.0. The average molecular weight is 648 g/mol. The molecule has 0 atom stereocenters. The molecular weight excluding hydrogens is 620 g/mol. The summed E-state index contributed by atoms with van der Waals surface area (Å²) in [6.45, 7) is 4.25. The molecule has 0 aromatic heterocycles. The van der Waals surface area contributed by atoms with Crippen molar-refractivity contribution >= 4 is 58.7 Å². The fourth-order valence-corrected chi connectivity index (χ4v) is 4.25. The van der Waals surface area contributed by atoms with Crippen LogP contribution in [0, 0.1) is 20.2 Å². The summed E-state index contributed by atoms with van der Waals surface area (Å²) in [7, 11) is -6.91. The molecule has 0 aliphatic rings. The van der Waals surface area contributed by atoms with Gasteiger partial charge in [-0.2, -0.15) is 0 Å². The second kappa shape index (κ2) is 15.0. The van der Waals surface area contributed by atoms with E-state index in [-0.39, 0.29) is 28.5 Å². The van der Waals surface area contributed by atoms with Gasteiger partial charge < -0.3 is 4.74 Å². The molecule has 16 heteroatoms. The summed E-state index contributed by atoms with van der Waals surface area (Å²) in [6.07, 6.45) is 3.24. The van der Waals surface area contributed by atoms with Gasteiger partial charge >= 0.3 is 0 Å². The normalized spacial score (nSPS) is 10.6. The lowest BCUT2D eigenvalue weighted by Gasteiger charge is -2.11. The molecule has 3 rings (SSSR count). The molecule has 0 bridgehead atoms. The van der Waals surface area contributed by atoms with Gasteiger partial charge in [-0.25, -0.2) is 16.8 Å². The molecule has 13 nitrogen and oxygen atoms in total. The van der Waals surface area contributed by atoms with Crippen LogP contribution >= 0.6 is 15.9 Å². The number of nitro benzene ring substituents is 2. The summed E-state index contributed by atoms with van der Waals surface area (Å²) in [5.74, 6) is 0.496. The van der Waals surface area contributed by atoms with Crippen LogP contribution in [0.25, 0.3) is 0 Å². The van der Waals surface area contributed by atoms with Crippen molar-refractivity contribution in [3.05, 3.63) is 91.4 Å². The van der Waals surface area contributed by atoms with E-state index < -0.39 is 29.9 Å². The third-order valence-corrected chi connectivity index (χ3v) is 5.74. The summed E-state index contributed by atoms with van der Waals surface area (Å²) in [5.41, 5.74) is 0.0935. The predicted molar refractivity (Wildman–Crippen MR) is 153 cm³/mol. The van der Waals surface area contributed by atoms with E-state index in [0.29, 0.717) is 10.2 Å². The van der Waals surface area contributed by atoms with Gasteiger partial charge in [0.1, 0.15) is 5.75 Å². The van der Waals surface area contributed by atoms with Gasteiger partial charge in [-0.3, -0.25) is 29.7 Å². The summed E-state index contributed by atoms with van der Waals surface area (Å²) in [4.78, 5) is 20.1. The molecular formula is C23H27BrN4O9S2. The first-order valence-electron chi connectivity index (χ1n) is 11.0. The molecule has 212 valence electrons.